The summed E-state index contributed by atoms with van der Waals surface area (Å²) in [5.41, 5.74) is 0. The highest BCUT2D eigenvalue weighted by atomic mass is 16.5. The predicted octanol–water partition coefficient (Wildman–Crippen LogP) is 1.29. The van der Waals surface area contributed by atoms with Crippen molar-refractivity contribution in [2.75, 3.05) is 19.8 Å². The van der Waals surface area contributed by atoms with Crippen molar-refractivity contribution >= 4 is 23.5 Å². The molecular formula is C17H28O8. The topological polar surface area (TPSA) is 138 Å². The van der Waals surface area contributed by atoms with Crippen LogP contribution in [0.5, 0.6) is 0 Å². The minimum absolute atomic E-state index is 0.0358. The molecule has 3 N–H and O–H groups in total. The number of aliphatic hydroxyl groups is 1. The smallest absolute Gasteiger partial charge is 0.303 e. The predicted molar refractivity (Wildman–Crippen MR) is 88.2 cm³/mol. The second kappa shape index (κ2) is 13.5. The first kappa shape index (κ1) is 23.2. The van der Waals surface area contributed by atoms with Crippen LogP contribution in [0, 0.1) is 11.8 Å². The average molecular weight is 360 g/mol. The molecular weight excluding hydrogens is 332 g/mol. The van der Waals surface area contributed by atoms with Crippen molar-refractivity contribution in [1.29, 1.82) is 0 Å². The standard InChI is InChI=1S/C17H28O8/c1-12(3-5-16(21)22)9-15(20)13(4-6-17(23)24)10-14(19)11-25-8-2-7-18/h12-13,18H,2-11H2,1H3,(H,21,22)(H,23,24). The second-order valence-corrected chi connectivity index (χ2v) is 6.21. The Morgan fingerprint density at radius 2 is 1.56 bits per heavy atom. The molecule has 0 rings (SSSR count). The minimum atomic E-state index is -1.04. The van der Waals surface area contributed by atoms with Gasteiger partial charge in [0.15, 0.2) is 5.78 Å². The third kappa shape index (κ3) is 13.2. The van der Waals surface area contributed by atoms with Crippen LogP contribution in [0.15, 0.2) is 0 Å². The molecule has 0 saturated carbocycles. The Kier molecular flexibility index (Phi) is 12.5. The lowest BCUT2D eigenvalue weighted by Gasteiger charge is -2.17. The summed E-state index contributed by atoms with van der Waals surface area (Å²) in [6, 6.07) is 0. The van der Waals surface area contributed by atoms with Gasteiger partial charge >= 0.3 is 11.9 Å². The number of carboxylic acid groups (broad SMARTS) is 2. The van der Waals surface area contributed by atoms with E-state index < -0.39 is 17.9 Å². The summed E-state index contributed by atoms with van der Waals surface area (Å²) in [6.45, 7) is 1.78. The van der Waals surface area contributed by atoms with Gasteiger partial charge in [-0.1, -0.05) is 6.92 Å². The first-order valence-corrected chi connectivity index (χ1v) is 8.42. The molecule has 0 aromatic heterocycles. The van der Waals surface area contributed by atoms with Crippen molar-refractivity contribution in [2.24, 2.45) is 11.8 Å². The van der Waals surface area contributed by atoms with Gasteiger partial charge in [-0.05, 0) is 25.2 Å². The molecule has 2 atom stereocenters. The number of rotatable bonds is 16. The third-order valence-corrected chi connectivity index (χ3v) is 3.75. The van der Waals surface area contributed by atoms with Crippen LogP contribution < -0.4 is 0 Å². The van der Waals surface area contributed by atoms with Crippen molar-refractivity contribution < 1.29 is 39.2 Å². The van der Waals surface area contributed by atoms with Crippen LogP contribution in [0.2, 0.25) is 0 Å². The van der Waals surface area contributed by atoms with E-state index in [0.29, 0.717) is 12.8 Å². The molecule has 2 unspecified atom stereocenters. The molecule has 0 aromatic rings. The van der Waals surface area contributed by atoms with Crippen LogP contribution in [0.3, 0.4) is 0 Å². The summed E-state index contributed by atoms with van der Waals surface area (Å²) in [6.07, 6.45) is 0.625. The maximum absolute atomic E-state index is 12.4. The van der Waals surface area contributed by atoms with E-state index in [1.807, 2.05) is 0 Å². The van der Waals surface area contributed by atoms with Crippen LogP contribution in [0.4, 0.5) is 0 Å². The molecule has 0 amide bonds. The van der Waals surface area contributed by atoms with Crippen molar-refractivity contribution in [3.8, 4) is 0 Å². The number of aliphatic carboxylic acids is 2. The molecule has 0 aromatic carbocycles. The number of ketones is 2. The molecule has 8 nitrogen and oxygen atoms in total. The van der Waals surface area contributed by atoms with Crippen molar-refractivity contribution in [3.63, 3.8) is 0 Å². The number of ether oxygens (including phenoxy) is 1. The molecule has 0 aliphatic rings. The summed E-state index contributed by atoms with van der Waals surface area (Å²) in [5.74, 6) is -3.33. The Bertz CT molecular complexity index is 446. The van der Waals surface area contributed by atoms with E-state index in [9.17, 15) is 19.2 Å². The summed E-state index contributed by atoms with van der Waals surface area (Å²) in [7, 11) is 0. The van der Waals surface area contributed by atoms with E-state index in [4.69, 9.17) is 20.1 Å². The molecule has 0 aliphatic carbocycles. The maximum atomic E-state index is 12.4. The van der Waals surface area contributed by atoms with E-state index in [-0.39, 0.29) is 69.4 Å². The van der Waals surface area contributed by atoms with Crippen LogP contribution >= 0.6 is 0 Å². The Morgan fingerprint density at radius 3 is 2.12 bits per heavy atom. The fourth-order valence-electron chi connectivity index (χ4n) is 2.34. The zero-order chi connectivity index (χ0) is 19.2. The zero-order valence-corrected chi connectivity index (χ0v) is 14.6. The largest absolute Gasteiger partial charge is 0.481 e. The van der Waals surface area contributed by atoms with E-state index in [1.165, 1.54) is 0 Å². The zero-order valence-electron chi connectivity index (χ0n) is 14.6. The first-order valence-electron chi connectivity index (χ1n) is 8.42. The van der Waals surface area contributed by atoms with Gasteiger partial charge in [0.1, 0.15) is 12.4 Å². The molecule has 0 heterocycles. The van der Waals surface area contributed by atoms with Gasteiger partial charge in [0, 0.05) is 44.8 Å². The first-order chi connectivity index (χ1) is 11.8. The minimum Gasteiger partial charge on any atom is -0.481 e. The molecule has 0 spiro atoms. The van der Waals surface area contributed by atoms with Crippen LogP contribution in [0.1, 0.15) is 51.9 Å². The fourth-order valence-corrected chi connectivity index (χ4v) is 2.34. The fraction of sp³-hybridized carbons (Fsp3) is 0.765. The van der Waals surface area contributed by atoms with Crippen LogP contribution in [-0.2, 0) is 23.9 Å². The molecule has 0 saturated heterocycles. The Labute approximate surface area is 147 Å². The molecule has 25 heavy (non-hydrogen) atoms. The van der Waals surface area contributed by atoms with Gasteiger partial charge in [-0.2, -0.15) is 0 Å². The Hall–Kier alpha value is -1.80. The van der Waals surface area contributed by atoms with Gasteiger partial charge in [0.05, 0.1) is 0 Å². The average Bonchev–Trinajstić information content (AvgIpc) is 2.53. The number of aliphatic hydroxyl groups excluding tert-OH is 1. The number of hydrogen-bond acceptors (Lipinski definition) is 6. The Morgan fingerprint density at radius 1 is 0.960 bits per heavy atom. The molecule has 0 bridgehead atoms. The second-order valence-electron chi connectivity index (χ2n) is 6.21. The summed E-state index contributed by atoms with van der Waals surface area (Å²) < 4.78 is 5.09. The summed E-state index contributed by atoms with van der Waals surface area (Å²) in [5, 5.41) is 26.1. The molecule has 0 aliphatic heterocycles. The number of carbonyl (C=O) groups is 4. The highest BCUT2D eigenvalue weighted by Gasteiger charge is 2.24. The van der Waals surface area contributed by atoms with E-state index in [1.54, 1.807) is 6.92 Å². The van der Waals surface area contributed by atoms with Crippen molar-refractivity contribution in [3.05, 3.63) is 0 Å². The van der Waals surface area contributed by atoms with E-state index in [2.05, 4.69) is 0 Å². The van der Waals surface area contributed by atoms with Gasteiger partial charge in [0.2, 0.25) is 0 Å². The maximum Gasteiger partial charge on any atom is 0.303 e. The van der Waals surface area contributed by atoms with Crippen LogP contribution in [0.25, 0.3) is 0 Å². The lowest BCUT2D eigenvalue weighted by Crippen LogP contribution is -2.23. The van der Waals surface area contributed by atoms with Crippen LogP contribution in [-0.4, -0.2) is 58.6 Å². The third-order valence-electron chi connectivity index (χ3n) is 3.75. The quantitative estimate of drug-likeness (QED) is 0.350. The molecule has 0 fully saturated rings. The summed E-state index contributed by atoms with van der Waals surface area (Å²) in [4.78, 5) is 45.6. The van der Waals surface area contributed by atoms with Gasteiger partial charge < -0.3 is 20.1 Å². The normalized spacial score (nSPS) is 13.2. The van der Waals surface area contributed by atoms with E-state index >= 15 is 0 Å². The highest BCUT2D eigenvalue weighted by molar-refractivity contribution is 5.89. The van der Waals surface area contributed by atoms with Crippen molar-refractivity contribution in [2.45, 2.75) is 51.9 Å². The summed E-state index contributed by atoms with van der Waals surface area (Å²) >= 11 is 0. The van der Waals surface area contributed by atoms with Gasteiger partial charge in [0.25, 0.3) is 0 Å². The highest BCUT2D eigenvalue weighted by Crippen LogP contribution is 2.20. The Balaban J connectivity index is 4.52. The number of hydrogen-bond donors (Lipinski definition) is 3. The van der Waals surface area contributed by atoms with Gasteiger partial charge in [-0.3, -0.25) is 19.2 Å². The van der Waals surface area contributed by atoms with Gasteiger partial charge in [-0.15, -0.1) is 0 Å². The molecule has 144 valence electrons. The number of Topliss-reactive ketones (excluding diaryl/α,β-unsaturated/α-hetero) is 2. The number of carboxylic acids is 2. The lowest BCUT2D eigenvalue weighted by atomic mass is 9.87. The SMILES string of the molecule is CC(CCC(=O)O)CC(=O)C(CCC(=O)O)CC(=O)COCCCO. The van der Waals surface area contributed by atoms with Crippen molar-refractivity contribution in [1.82, 2.24) is 0 Å². The lowest BCUT2D eigenvalue weighted by molar-refractivity contribution is -0.139. The number of carbonyl (C=O) groups excluding carboxylic acids is 2. The van der Waals surface area contributed by atoms with Gasteiger partial charge in [-0.25, -0.2) is 0 Å². The molecule has 0 radical (unpaired) electrons. The monoisotopic (exact) mass is 360 g/mol. The van der Waals surface area contributed by atoms with E-state index in [0.717, 1.165) is 0 Å². The molecule has 8 heteroatoms.